The van der Waals surface area contributed by atoms with Gasteiger partial charge in [0.1, 0.15) is 11.6 Å². The lowest BCUT2D eigenvalue weighted by atomic mass is 10.0. The zero-order valence-electron chi connectivity index (χ0n) is 13.0. The van der Waals surface area contributed by atoms with E-state index in [1.54, 1.807) is 12.3 Å². The van der Waals surface area contributed by atoms with Crippen LogP contribution in [0.5, 0.6) is 5.75 Å². The van der Waals surface area contributed by atoms with Crippen molar-refractivity contribution in [2.24, 2.45) is 0 Å². The van der Waals surface area contributed by atoms with Gasteiger partial charge in [0, 0.05) is 17.5 Å². The number of pyridine rings is 1. The number of aryl methyl sites for hydroxylation is 1. The van der Waals surface area contributed by atoms with Gasteiger partial charge in [0.05, 0.1) is 19.1 Å². The van der Waals surface area contributed by atoms with Crippen molar-refractivity contribution in [3.8, 4) is 5.75 Å². The number of hydrogen-bond acceptors (Lipinski definition) is 3. The molecule has 1 aromatic carbocycles. The summed E-state index contributed by atoms with van der Waals surface area (Å²) in [5.41, 5.74) is 2.48. The number of hydrogen-bond donors (Lipinski definition) is 1. The van der Waals surface area contributed by atoms with Crippen molar-refractivity contribution in [1.82, 2.24) is 10.3 Å². The van der Waals surface area contributed by atoms with Crippen LogP contribution in [0.15, 0.2) is 36.5 Å². The lowest BCUT2D eigenvalue weighted by Crippen LogP contribution is -2.29. The van der Waals surface area contributed by atoms with Crippen LogP contribution < -0.4 is 10.1 Å². The summed E-state index contributed by atoms with van der Waals surface area (Å²) in [6.45, 7) is 2.48. The summed E-state index contributed by atoms with van der Waals surface area (Å²) in [5.74, 6) is 0.222. The molecule has 1 aliphatic heterocycles. The van der Waals surface area contributed by atoms with Gasteiger partial charge < -0.3 is 10.1 Å². The molecule has 23 heavy (non-hydrogen) atoms. The maximum absolute atomic E-state index is 13.5. The van der Waals surface area contributed by atoms with Gasteiger partial charge in [-0.3, -0.25) is 9.78 Å². The first-order valence-corrected chi connectivity index (χ1v) is 7.75. The lowest BCUT2D eigenvalue weighted by Gasteiger charge is -2.18. The maximum atomic E-state index is 13.5. The number of fused-ring (bicyclic) bond motifs is 1. The van der Waals surface area contributed by atoms with E-state index < -0.39 is 0 Å². The van der Waals surface area contributed by atoms with Gasteiger partial charge >= 0.3 is 0 Å². The number of halogens is 1. The van der Waals surface area contributed by atoms with Crippen LogP contribution in [0.3, 0.4) is 0 Å². The third kappa shape index (κ3) is 3.86. The zero-order chi connectivity index (χ0) is 16.2. The number of benzene rings is 1. The summed E-state index contributed by atoms with van der Waals surface area (Å²) < 4.78 is 19.2. The Bertz CT molecular complexity index is 701. The number of rotatable bonds is 3. The minimum atomic E-state index is -0.323. The molecule has 0 saturated heterocycles. The highest BCUT2D eigenvalue weighted by Gasteiger charge is 2.22. The molecule has 2 aromatic rings. The van der Waals surface area contributed by atoms with Crippen molar-refractivity contribution in [3.63, 3.8) is 0 Å². The van der Waals surface area contributed by atoms with Crippen LogP contribution in [0.4, 0.5) is 4.39 Å². The Hall–Kier alpha value is -2.43. The van der Waals surface area contributed by atoms with Gasteiger partial charge in [-0.1, -0.05) is 6.07 Å². The molecule has 0 fully saturated rings. The van der Waals surface area contributed by atoms with Crippen LogP contribution >= 0.6 is 0 Å². The van der Waals surface area contributed by atoms with E-state index in [1.165, 1.54) is 12.1 Å². The molecule has 1 N–H and O–H groups in total. The number of nitrogens with zero attached hydrogens (tertiary/aromatic N) is 1. The van der Waals surface area contributed by atoms with Crippen molar-refractivity contribution < 1.29 is 13.9 Å². The molecule has 120 valence electrons. The highest BCUT2D eigenvalue weighted by atomic mass is 19.1. The highest BCUT2D eigenvalue weighted by molar-refractivity contribution is 5.79. The van der Waals surface area contributed by atoms with Gasteiger partial charge in [0.2, 0.25) is 5.91 Å². The van der Waals surface area contributed by atoms with Crippen LogP contribution in [0.1, 0.15) is 35.7 Å². The van der Waals surface area contributed by atoms with E-state index in [2.05, 4.69) is 10.3 Å². The molecule has 0 radical (unpaired) electrons. The normalized spacial score (nSPS) is 16.9. The van der Waals surface area contributed by atoms with Crippen LogP contribution in [0, 0.1) is 12.7 Å². The zero-order valence-corrected chi connectivity index (χ0v) is 13.0. The molecule has 0 spiro atoms. The maximum Gasteiger partial charge on any atom is 0.224 e. The van der Waals surface area contributed by atoms with Crippen molar-refractivity contribution in [2.45, 2.75) is 32.2 Å². The Labute approximate surface area is 134 Å². The van der Waals surface area contributed by atoms with Crippen LogP contribution in [0.2, 0.25) is 0 Å². The predicted molar refractivity (Wildman–Crippen MR) is 84.7 cm³/mol. The molecule has 1 aromatic heterocycles. The first kappa shape index (κ1) is 15.5. The number of nitrogens with one attached hydrogen (secondary N) is 1. The average Bonchev–Trinajstić information content (AvgIpc) is 2.72. The van der Waals surface area contributed by atoms with Crippen molar-refractivity contribution in [1.29, 1.82) is 0 Å². The van der Waals surface area contributed by atoms with E-state index in [9.17, 15) is 9.18 Å². The first-order valence-electron chi connectivity index (χ1n) is 7.75. The minimum Gasteiger partial charge on any atom is -0.493 e. The Morgan fingerprint density at radius 1 is 1.39 bits per heavy atom. The summed E-state index contributed by atoms with van der Waals surface area (Å²) in [7, 11) is 0. The summed E-state index contributed by atoms with van der Waals surface area (Å²) in [6.07, 6.45) is 3.51. The summed E-state index contributed by atoms with van der Waals surface area (Å²) in [5, 5.41) is 2.99. The van der Waals surface area contributed by atoms with Crippen molar-refractivity contribution in [3.05, 3.63) is 59.2 Å². The smallest absolute Gasteiger partial charge is 0.224 e. The average molecular weight is 314 g/mol. The molecule has 2 heterocycles. The second-order valence-corrected chi connectivity index (χ2v) is 5.78. The Balaban J connectivity index is 1.73. The number of carbonyl (C=O) groups is 1. The molecule has 0 unspecified atom stereocenters. The van der Waals surface area contributed by atoms with E-state index in [0.29, 0.717) is 17.9 Å². The molecule has 4 nitrogen and oxygen atoms in total. The molecular formula is C18H19FN2O2. The molecule has 0 bridgehead atoms. The fourth-order valence-electron chi connectivity index (χ4n) is 2.73. The molecule has 0 aliphatic carbocycles. The SMILES string of the molecule is Cc1ccc(CC(=O)N[C@@H]2CCCOc3ccc(F)cc32)cn1. The minimum absolute atomic E-state index is 0.0993. The third-order valence-corrected chi connectivity index (χ3v) is 3.91. The molecule has 3 rings (SSSR count). The molecule has 1 amide bonds. The quantitative estimate of drug-likeness (QED) is 0.947. The van der Waals surface area contributed by atoms with Gasteiger partial charge in [0.25, 0.3) is 0 Å². The Morgan fingerprint density at radius 3 is 3.04 bits per heavy atom. The lowest BCUT2D eigenvalue weighted by molar-refractivity contribution is -0.121. The van der Waals surface area contributed by atoms with E-state index in [0.717, 1.165) is 24.1 Å². The summed E-state index contributed by atoms with van der Waals surface area (Å²) in [6, 6.07) is 7.99. The standard InChI is InChI=1S/C18H19FN2O2/c1-12-4-5-13(11-20-12)9-18(22)21-16-3-2-8-23-17-7-6-14(19)10-15(16)17/h4-7,10-11,16H,2-3,8-9H2,1H3,(H,21,22)/t16-/m1/s1. The van der Waals surface area contributed by atoms with Crippen LogP contribution in [-0.2, 0) is 11.2 Å². The topological polar surface area (TPSA) is 51.2 Å². The van der Waals surface area contributed by atoms with Gasteiger partial charge in [0.15, 0.2) is 0 Å². The monoisotopic (exact) mass is 314 g/mol. The molecule has 0 saturated carbocycles. The fraction of sp³-hybridized carbons (Fsp3) is 0.333. The van der Waals surface area contributed by atoms with Crippen LogP contribution in [-0.4, -0.2) is 17.5 Å². The van der Waals surface area contributed by atoms with E-state index in [4.69, 9.17) is 4.74 Å². The molecular weight excluding hydrogens is 295 g/mol. The molecule has 1 atom stereocenters. The highest BCUT2D eigenvalue weighted by Crippen LogP contribution is 2.32. The first-order chi connectivity index (χ1) is 11.1. The van der Waals surface area contributed by atoms with Crippen LogP contribution in [0.25, 0.3) is 0 Å². The second-order valence-electron chi connectivity index (χ2n) is 5.78. The van der Waals surface area contributed by atoms with Gasteiger partial charge in [-0.25, -0.2) is 4.39 Å². The third-order valence-electron chi connectivity index (χ3n) is 3.91. The largest absolute Gasteiger partial charge is 0.493 e. The van der Waals surface area contributed by atoms with E-state index in [-0.39, 0.29) is 24.2 Å². The summed E-state index contributed by atoms with van der Waals surface area (Å²) in [4.78, 5) is 16.5. The molecule has 1 aliphatic rings. The summed E-state index contributed by atoms with van der Waals surface area (Å²) >= 11 is 0. The second kappa shape index (κ2) is 6.77. The van der Waals surface area contributed by atoms with Crippen molar-refractivity contribution >= 4 is 5.91 Å². The number of carbonyl (C=O) groups excluding carboxylic acids is 1. The van der Waals surface area contributed by atoms with E-state index in [1.807, 2.05) is 19.1 Å². The Morgan fingerprint density at radius 2 is 2.26 bits per heavy atom. The predicted octanol–water partition coefficient (Wildman–Crippen LogP) is 3.10. The molecule has 5 heteroatoms. The fourth-order valence-corrected chi connectivity index (χ4v) is 2.73. The number of ether oxygens (including phenoxy) is 1. The number of aromatic nitrogens is 1. The van der Waals surface area contributed by atoms with E-state index >= 15 is 0 Å². The van der Waals surface area contributed by atoms with Gasteiger partial charge in [-0.15, -0.1) is 0 Å². The Kier molecular flexibility index (Phi) is 4.55. The van der Waals surface area contributed by atoms with Gasteiger partial charge in [-0.2, -0.15) is 0 Å². The number of amides is 1. The van der Waals surface area contributed by atoms with Gasteiger partial charge in [-0.05, 0) is 49.6 Å². The van der Waals surface area contributed by atoms with Crippen molar-refractivity contribution in [2.75, 3.05) is 6.61 Å².